The fraction of sp³-hybridized carbons (Fsp3) is 0.421. The van der Waals surface area contributed by atoms with E-state index in [0.29, 0.717) is 18.8 Å². The van der Waals surface area contributed by atoms with Crippen LogP contribution in [-0.4, -0.2) is 39.5 Å². The summed E-state index contributed by atoms with van der Waals surface area (Å²) in [6, 6.07) is 38.3. The highest BCUT2D eigenvalue weighted by Crippen LogP contribution is 2.42. The Morgan fingerprint density at radius 2 is 0.762 bits per heavy atom. The summed E-state index contributed by atoms with van der Waals surface area (Å²) < 4.78 is 30.0. The second kappa shape index (κ2) is 27.5. The lowest BCUT2D eigenvalue weighted by Gasteiger charge is -2.18. The van der Waals surface area contributed by atoms with E-state index in [1.807, 2.05) is 0 Å². The monoisotopic (exact) mass is 853 g/mol. The molecule has 6 nitrogen and oxygen atoms in total. The van der Waals surface area contributed by atoms with Gasteiger partial charge in [0.25, 0.3) is 0 Å². The summed E-state index contributed by atoms with van der Waals surface area (Å²) in [5.74, 6) is 3.09. The maximum absolute atomic E-state index is 11.7. The van der Waals surface area contributed by atoms with Gasteiger partial charge in [-0.25, -0.2) is 4.79 Å². The number of hydrogen-bond acceptors (Lipinski definition) is 6. The molecule has 0 amide bonds. The largest absolute Gasteiger partial charge is 0.496 e. The van der Waals surface area contributed by atoms with E-state index in [1.165, 1.54) is 64.2 Å². The van der Waals surface area contributed by atoms with Gasteiger partial charge in [0.15, 0.2) is 0 Å². The zero-order chi connectivity index (χ0) is 44.5. The number of rotatable bonds is 30. The Morgan fingerprint density at radius 1 is 0.429 bits per heavy atom. The van der Waals surface area contributed by atoms with E-state index in [1.54, 1.807) is 14.0 Å². The highest BCUT2D eigenvalue weighted by Gasteiger charge is 2.16. The minimum atomic E-state index is -0.330. The van der Waals surface area contributed by atoms with Gasteiger partial charge in [-0.3, -0.25) is 0 Å². The van der Waals surface area contributed by atoms with Crippen LogP contribution in [-0.2, 0) is 9.53 Å². The topological polar surface area (TPSA) is 63.2 Å². The number of ether oxygens (including phenoxy) is 5. The fourth-order valence-electron chi connectivity index (χ4n) is 7.64. The molecule has 0 N–H and O–H groups in total. The number of unbranched alkanes of at least 4 members (excludes halogenated alkanes) is 13. The van der Waals surface area contributed by atoms with Crippen LogP contribution >= 0.6 is 0 Å². The summed E-state index contributed by atoms with van der Waals surface area (Å²) in [6.45, 7) is 12.3. The van der Waals surface area contributed by atoms with Gasteiger partial charge >= 0.3 is 5.97 Å². The zero-order valence-electron chi connectivity index (χ0n) is 38.7. The Labute approximate surface area is 379 Å². The van der Waals surface area contributed by atoms with E-state index in [-0.39, 0.29) is 5.97 Å². The number of methoxy groups -OCH3 is 1. The molecule has 336 valence electrons. The summed E-state index contributed by atoms with van der Waals surface area (Å²) in [5, 5.41) is 0. The molecule has 5 rings (SSSR count). The van der Waals surface area contributed by atoms with Crippen LogP contribution < -0.4 is 18.9 Å². The Bertz CT molecular complexity index is 2070. The van der Waals surface area contributed by atoms with Crippen molar-refractivity contribution in [1.29, 1.82) is 0 Å². The summed E-state index contributed by atoms with van der Waals surface area (Å²) in [7, 11) is 1.73. The molecule has 0 saturated carbocycles. The number of benzene rings is 5. The predicted molar refractivity (Wildman–Crippen MR) is 262 cm³/mol. The first-order valence-electron chi connectivity index (χ1n) is 23.7. The van der Waals surface area contributed by atoms with Gasteiger partial charge in [0.2, 0.25) is 0 Å². The minimum Gasteiger partial charge on any atom is -0.496 e. The Kier molecular flexibility index (Phi) is 21.2. The standard InChI is InChI=1S/C57H72O6/c1-6-8-10-12-14-18-38-60-51-34-30-47(31-35-51)45-22-26-49(27-23-45)53-43-56(62-40-20-16-17-21-41-63-57(58)44(3)4)54(42-55(53)59-5)50-28-24-46(25-29-50)48-32-36-52(37-33-48)61-39-19-15-13-11-9-7-2/h22-37,42-43H,3,6-21,38-41H2,1-2,4-5H3. The predicted octanol–water partition coefficient (Wildman–Crippen LogP) is 15.9. The number of carbonyl (C=O) groups is 1. The number of carbonyl (C=O) groups excluding carboxylic acids is 1. The summed E-state index contributed by atoms with van der Waals surface area (Å²) >= 11 is 0. The van der Waals surface area contributed by atoms with Crippen LogP contribution in [0.15, 0.2) is 121 Å². The number of hydrogen-bond donors (Lipinski definition) is 0. The number of esters is 1. The Balaban J connectivity index is 1.27. The van der Waals surface area contributed by atoms with Gasteiger partial charge in [0, 0.05) is 16.7 Å². The highest BCUT2D eigenvalue weighted by atomic mass is 16.5. The van der Waals surface area contributed by atoms with E-state index in [2.05, 4.69) is 130 Å². The van der Waals surface area contributed by atoms with Crippen molar-refractivity contribution in [1.82, 2.24) is 0 Å². The van der Waals surface area contributed by atoms with Gasteiger partial charge in [-0.2, -0.15) is 0 Å². The molecular weight excluding hydrogens is 781 g/mol. The van der Waals surface area contributed by atoms with E-state index < -0.39 is 0 Å². The quantitative estimate of drug-likeness (QED) is 0.0260. The average molecular weight is 853 g/mol. The van der Waals surface area contributed by atoms with Crippen molar-refractivity contribution < 1.29 is 28.5 Å². The van der Waals surface area contributed by atoms with Crippen molar-refractivity contribution in [2.75, 3.05) is 33.5 Å². The van der Waals surface area contributed by atoms with Crippen LogP contribution in [0.25, 0.3) is 44.5 Å². The Hall–Kier alpha value is -5.49. The maximum atomic E-state index is 11.7. The molecule has 0 aliphatic rings. The molecule has 0 saturated heterocycles. The maximum Gasteiger partial charge on any atom is 0.333 e. The van der Waals surface area contributed by atoms with Crippen molar-refractivity contribution in [3.63, 3.8) is 0 Å². The molecule has 0 aromatic heterocycles. The first-order chi connectivity index (χ1) is 30.9. The molecule has 5 aromatic rings. The van der Waals surface area contributed by atoms with Gasteiger partial charge in [0.05, 0.1) is 33.5 Å². The van der Waals surface area contributed by atoms with Crippen LogP contribution in [0.4, 0.5) is 0 Å². The van der Waals surface area contributed by atoms with Crippen LogP contribution in [0.5, 0.6) is 23.0 Å². The van der Waals surface area contributed by atoms with E-state index in [9.17, 15) is 4.79 Å². The van der Waals surface area contributed by atoms with Gasteiger partial charge in [-0.1, -0.05) is 157 Å². The van der Waals surface area contributed by atoms with Crippen LogP contribution in [0.3, 0.4) is 0 Å². The molecule has 6 heteroatoms. The third-order valence-corrected chi connectivity index (χ3v) is 11.5. The van der Waals surface area contributed by atoms with E-state index >= 15 is 0 Å². The molecule has 0 aliphatic heterocycles. The zero-order valence-corrected chi connectivity index (χ0v) is 38.7. The van der Waals surface area contributed by atoms with Crippen LogP contribution in [0.2, 0.25) is 0 Å². The molecule has 0 aliphatic carbocycles. The first-order valence-corrected chi connectivity index (χ1v) is 23.7. The fourth-order valence-corrected chi connectivity index (χ4v) is 7.64. The third-order valence-electron chi connectivity index (χ3n) is 11.5. The second-order valence-corrected chi connectivity index (χ2v) is 16.7. The van der Waals surface area contributed by atoms with Crippen LogP contribution in [0.1, 0.15) is 124 Å². The molecule has 0 spiro atoms. The molecule has 0 fully saturated rings. The normalized spacial score (nSPS) is 11.0. The summed E-state index contributed by atoms with van der Waals surface area (Å²) in [6.07, 6.45) is 18.6. The van der Waals surface area contributed by atoms with Gasteiger partial charge in [0.1, 0.15) is 23.0 Å². The highest BCUT2D eigenvalue weighted by molar-refractivity contribution is 5.87. The molecular formula is C57H72O6. The summed E-state index contributed by atoms with van der Waals surface area (Å²) in [5.41, 5.74) is 9.02. The lowest BCUT2D eigenvalue weighted by molar-refractivity contribution is -0.139. The molecule has 0 atom stereocenters. The Morgan fingerprint density at radius 3 is 1.17 bits per heavy atom. The molecule has 0 radical (unpaired) electrons. The first kappa shape index (κ1) is 48.5. The molecule has 0 bridgehead atoms. The smallest absolute Gasteiger partial charge is 0.333 e. The molecule has 0 heterocycles. The van der Waals surface area contributed by atoms with Gasteiger partial charge < -0.3 is 23.7 Å². The average Bonchev–Trinajstić information content (AvgIpc) is 3.32. The van der Waals surface area contributed by atoms with Crippen molar-refractivity contribution in [2.24, 2.45) is 0 Å². The molecule has 63 heavy (non-hydrogen) atoms. The third kappa shape index (κ3) is 16.3. The van der Waals surface area contributed by atoms with E-state index in [4.69, 9.17) is 23.7 Å². The van der Waals surface area contributed by atoms with Crippen molar-refractivity contribution >= 4 is 5.97 Å². The molecule has 0 unspecified atom stereocenters. The van der Waals surface area contributed by atoms with Crippen molar-refractivity contribution in [3.8, 4) is 67.5 Å². The second-order valence-electron chi connectivity index (χ2n) is 16.7. The minimum absolute atomic E-state index is 0.330. The van der Waals surface area contributed by atoms with Crippen molar-refractivity contribution in [2.45, 2.75) is 124 Å². The van der Waals surface area contributed by atoms with Crippen LogP contribution in [0, 0.1) is 0 Å². The SMILES string of the molecule is C=C(C)C(=O)OCCCCCCOc1cc(-c2ccc(-c3ccc(OCCCCCCCC)cc3)cc2)c(OC)cc1-c1ccc(-c2ccc(OCCCCCCCC)cc2)cc1. The van der Waals surface area contributed by atoms with Gasteiger partial charge in [-0.15, -0.1) is 0 Å². The summed E-state index contributed by atoms with van der Waals surface area (Å²) in [4.78, 5) is 11.7. The van der Waals surface area contributed by atoms with Crippen molar-refractivity contribution in [3.05, 3.63) is 121 Å². The van der Waals surface area contributed by atoms with E-state index in [0.717, 1.165) is 119 Å². The molecule has 5 aromatic carbocycles. The van der Waals surface area contributed by atoms with Gasteiger partial charge in [-0.05, 0) is 115 Å². The lowest BCUT2D eigenvalue weighted by Crippen LogP contribution is -2.06. The lowest BCUT2D eigenvalue weighted by atomic mass is 9.95.